The van der Waals surface area contributed by atoms with Gasteiger partial charge < -0.3 is 32.7 Å². The van der Waals surface area contributed by atoms with E-state index in [9.17, 15) is 14.7 Å². The minimum atomic E-state index is -0.765. The van der Waals surface area contributed by atoms with Gasteiger partial charge in [-0.1, -0.05) is 84.9 Å². The van der Waals surface area contributed by atoms with Crippen molar-refractivity contribution in [3.05, 3.63) is 107 Å². The lowest BCUT2D eigenvalue weighted by Crippen LogP contribution is -2.48. The number of amides is 2. The van der Waals surface area contributed by atoms with E-state index in [4.69, 9.17) is 11.5 Å². The number of carbonyl (C=O) groups is 2. The molecule has 2 amide bonds. The van der Waals surface area contributed by atoms with Crippen LogP contribution < -0.4 is 22.1 Å². The summed E-state index contributed by atoms with van der Waals surface area (Å²) in [6.07, 6.45) is 0.886. The van der Waals surface area contributed by atoms with E-state index in [1.807, 2.05) is 72.8 Å². The third-order valence-electron chi connectivity index (χ3n) is 5.78. The van der Waals surface area contributed by atoms with Gasteiger partial charge in [-0.15, -0.1) is 0 Å². The van der Waals surface area contributed by atoms with Crippen LogP contribution in [-0.2, 0) is 22.7 Å². The highest BCUT2D eigenvalue weighted by Gasteiger charge is 2.27. The molecule has 3 rings (SSSR count). The van der Waals surface area contributed by atoms with E-state index in [0.29, 0.717) is 25.9 Å². The molecule has 0 unspecified atom stereocenters. The molecule has 3 aromatic rings. The summed E-state index contributed by atoms with van der Waals surface area (Å²) in [6.45, 7) is 0.609. The van der Waals surface area contributed by atoms with Crippen LogP contribution in [0.15, 0.2) is 89.9 Å². The Kier molecular flexibility index (Phi) is 11.8. The Morgan fingerprint density at radius 2 is 1.35 bits per heavy atom. The molecule has 37 heavy (non-hydrogen) atoms. The largest absolute Gasteiger partial charge is 0.412 e. The normalized spacial score (nSPS) is 11.2. The lowest BCUT2D eigenvalue weighted by atomic mass is 9.90. The monoisotopic (exact) mass is 505 g/mol. The van der Waals surface area contributed by atoms with Gasteiger partial charge in [0.15, 0.2) is 5.96 Å². The van der Waals surface area contributed by atoms with Crippen LogP contribution in [0, 0.1) is 0 Å². The van der Waals surface area contributed by atoms with Gasteiger partial charge in [-0.3, -0.25) is 14.6 Å². The van der Waals surface area contributed by atoms with Gasteiger partial charge in [0, 0.05) is 13.1 Å². The summed E-state index contributed by atoms with van der Waals surface area (Å²) in [5, 5.41) is 15.1. The van der Waals surface area contributed by atoms with Crippen LogP contribution in [0.4, 0.5) is 0 Å². The maximum atomic E-state index is 13.6. The average Bonchev–Trinajstić information content (AvgIpc) is 2.90. The van der Waals surface area contributed by atoms with Crippen molar-refractivity contribution in [1.29, 1.82) is 0 Å². The third-order valence-corrected chi connectivity index (χ3v) is 5.78. The molecule has 0 saturated carbocycles. The molecule has 0 aliphatic carbocycles. The first kappa shape index (κ1) is 29.0. The molecule has 1 atom stereocenters. The van der Waals surface area contributed by atoms with Crippen molar-refractivity contribution < 1.29 is 20.2 Å². The molecule has 0 aromatic heterocycles. The smallest absolute Gasteiger partial charge is 0.242 e. The molecule has 0 spiro atoms. The van der Waals surface area contributed by atoms with E-state index in [0.717, 1.165) is 22.3 Å². The van der Waals surface area contributed by atoms with Crippen LogP contribution in [-0.4, -0.2) is 40.9 Å². The zero-order valence-electron chi connectivity index (χ0n) is 20.6. The predicted octanol–water partition coefficient (Wildman–Crippen LogP) is 1.34. The topological polar surface area (TPSA) is 174 Å². The summed E-state index contributed by atoms with van der Waals surface area (Å²) in [4.78, 5) is 30.7. The molecule has 0 fully saturated rings. The number of hydrogen-bond donors (Lipinski definition) is 5. The molecule has 9 N–H and O–H groups in total. The number of nitrogens with one attached hydrogen (secondary N) is 2. The molecule has 9 nitrogen and oxygen atoms in total. The molecule has 0 radical (unpaired) electrons. The number of aliphatic hydroxyl groups is 1. The quantitative estimate of drug-likeness (QED) is 0.142. The van der Waals surface area contributed by atoms with E-state index in [1.165, 1.54) is 0 Å². The molecular formula is C28H35N5O4. The van der Waals surface area contributed by atoms with E-state index in [1.54, 1.807) is 12.1 Å². The Balaban J connectivity index is 0.00000481. The zero-order chi connectivity index (χ0) is 25.8. The molecule has 0 aliphatic rings. The lowest BCUT2D eigenvalue weighted by molar-refractivity contribution is -0.129. The van der Waals surface area contributed by atoms with Crippen molar-refractivity contribution in [2.75, 3.05) is 6.54 Å². The maximum Gasteiger partial charge on any atom is 0.242 e. The highest BCUT2D eigenvalue weighted by atomic mass is 16.3. The van der Waals surface area contributed by atoms with Crippen LogP contribution in [0.5, 0.6) is 0 Å². The first-order valence-electron chi connectivity index (χ1n) is 11.9. The summed E-state index contributed by atoms with van der Waals surface area (Å²) in [7, 11) is 0. The van der Waals surface area contributed by atoms with E-state index >= 15 is 0 Å². The fourth-order valence-corrected chi connectivity index (χ4v) is 3.89. The number of nitrogens with two attached hydrogens (primary N) is 2. The number of aliphatic imine (C=N–C) groups is 1. The van der Waals surface area contributed by atoms with Crippen molar-refractivity contribution in [2.24, 2.45) is 16.5 Å². The van der Waals surface area contributed by atoms with Crippen molar-refractivity contribution in [3.63, 3.8) is 0 Å². The number of aliphatic hydroxyl groups excluding tert-OH is 1. The second-order valence-electron chi connectivity index (χ2n) is 8.46. The fraction of sp³-hybridized carbons (Fsp3) is 0.250. The van der Waals surface area contributed by atoms with E-state index in [-0.39, 0.29) is 29.9 Å². The fourth-order valence-electron chi connectivity index (χ4n) is 3.89. The summed E-state index contributed by atoms with van der Waals surface area (Å²) in [6, 6.07) is 25.5. The van der Waals surface area contributed by atoms with Gasteiger partial charge in [0.1, 0.15) is 6.04 Å². The summed E-state index contributed by atoms with van der Waals surface area (Å²) in [5.41, 5.74) is 14.2. The number of hydrogen-bond acceptors (Lipinski definition) is 4. The highest BCUT2D eigenvalue weighted by molar-refractivity contribution is 5.92. The van der Waals surface area contributed by atoms with Crippen molar-refractivity contribution >= 4 is 17.8 Å². The van der Waals surface area contributed by atoms with Crippen LogP contribution in [0.25, 0.3) is 0 Å². The van der Waals surface area contributed by atoms with Crippen molar-refractivity contribution in [3.8, 4) is 0 Å². The molecule has 196 valence electrons. The summed E-state index contributed by atoms with van der Waals surface area (Å²) < 4.78 is 0. The maximum absolute atomic E-state index is 13.6. The van der Waals surface area contributed by atoms with Gasteiger partial charge in [0.05, 0.1) is 12.5 Å². The van der Waals surface area contributed by atoms with Crippen LogP contribution in [0.3, 0.4) is 0 Å². The Bertz CT molecular complexity index is 1090. The number of carbonyl (C=O) groups excluding carboxylic acids is 2. The number of rotatable bonds is 12. The molecule has 9 heteroatoms. The van der Waals surface area contributed by atoms with E-state index in [2.05, 4.69) is 15.6 Å². The summed E-state index contributed by atoms with van der Waals surface area (Å²) >= 11 is 0. The van der Waals surface area contributed by atoms with Crippen molar-refractivity contribution in [2.45, 2.75) is 38.0 Å². The van der Waals surface area contributed by atoms with Crippen LogP contribution in [0.2, 0.25) is 0 Å². The van der Waals surface area contributed by atoms with Gasteiger partial charge in [0.25, 0.3) is 0 Å². The number of guanidine groups is 1. The molecule has 0 heterocycles. The average molecular weight is 506 g/mol. The highest BCUT2D eigenvalue weighted by Crippen LogP contribution is 2.25. The number of benzene rings is 3. The van der Waals surface area contributed by atoms with E-state index < -0.39 is 12.0 Å². The molecule has 0 saturated heterocycles. The molecule has 0 bridgehead atoms. The molecule has 0 aliphatic heterocycles. The number of nitrogens with zero attached hydrogens (tertiary/aromatic N) is 1. The second kappa shape index (κ2) is 15.0. The minimum absolute atomic E-state index is 0. The first-order chi connectivity index (χ1) is 17.5. The van der Waals surface area contributed by atoms with Gasteiger partial charge in [-0.25, -0.2) is 0 Å². The summed E-state index contributed by atoms with van der Waals surface area (Å²) in [5.74, 6) is -1.13. The zero-order valence-corrected chi connectivity index (χ0v) is 20.6. The second-order valence-corrected chi connectivity index (χ2v) is 8.46. The predicted molar refractivity (Wildman–Crippen MR) is 144 cm³/mol. The minimum Gasteiger partial charge on any atom is -0.412 e. The van der Waals surface area contributed by atoms with Crippen LogP contribution in [0.1, 0.15) is 41.0 Å². The Labute approximate surface area is 216 Å². The van der Waals surface area contributed by atoms with Gasteiger partial charge in [-0.05, 0) is 35.1 Å². The Morgan fingerprint density at radius 1 is 0.811 bits per heavy atom. The first-order valence-corrected chi connectivity index (χ1v) is 11.9. The van der Waals surface area contributed by atoms with Gasteiger partial charge >= 0.3 is 0 Å². The molecule has 3 aromatic carbocycles. The van der Waals surface area contributed by atoms with Crippen LogP contribution >= 0.6 is 0 Å². The Morgan fingerprint density at radius 3 is 1.86 bits per heavy atom. The Hall–Kier alpha value is -4.21. The van der Waals surface area contributed by atoms with Crippen molar-refractivity contribution in [1.82, 2.24) is 10.6 Å². The third kappa shape index (κ3) is 9.06. The van der Waals surface area contributed by atoms with Gasteiger partial charge in [0.2, 0.25) is 11.8 Å². The standard InChI is InChI=1S/C28H33N5O3.H2O/c29-28(30)31-17-7-12-24(26(35)32-18-20-13-15-21(19-34)16-14-20)33-27(36)25(22-8-3-1-4-9-22)23-10-5-2-6-11-23;/h1-6,8-11,13-16,24-25,34H,7,12,17-19H2,(H,32,35)(H,33,36)(H4,29,30,31);1H2/t24-;/m1./s1. The lowest BCUT2D eigenvalue weighted by Gasteiger charge is -2.23. The van der Waals surface area contributed by atoms with Gasteiger partial charge in [-0.2, -0.15) is 0 Å². The SMILES string of the molecule is NC(N)=NCCC[C@@H](NC(=O)C(c1ccccc1)c1ccccc1)C(=O)NCc1ccc(CO)cc1.O. The molecular weight excluding hydrogens is 470 g/mol.